The van der Waals surface area contributed by atoms with Crippen molar-refractivity contribution in [3.8, 4) is 0 Å². The molecule has 2 heterocycles. The van der Waals surface area contributed by atoms with Gasteiger partial charge in [-0.05, 0) is 54.6 Å². The van der Waals surface area contributed by atoms with E-state index in [9.17, 15) is 4.39 Å². The second kappa shape index (κ2) is 5.61. The van der Waals surface area contributed by atoms with Crippen molar-refractivity contribution in [3.05, 3.63) is 22.4 Å². The zero-order valence-electron chi connectivity index (χ0n) is 8.92. The monoisotopic (exact) mass is 227 g/mol. The average molecular weight is 227 g/mol. The third kappa shape index (κ3) is 3.28. The van der Waals surface area contributed by atoms with Crippen LogP contribution in [-0.2, 0) is 6.42 Å². The summed E-state index contributed by atoms with van der Waals surface area (Å²) in [5.41, 5.74) is 1.28. The quantitative estimate of drug-likeness (QED) is 0.833. The Balaban J connectivity index is 1.74. The van der Waals surface area contributed by atoms with Crippen LogP contribution in [0.1, 0.15) is 24.8 Å². The third-order valence-corrected chi connectivity index (χ3v) is 3.87. The minimum atomic E-state index is -0.627. The van der Waals surface area contributed by atoms with Gasteiger partial charge in [-0.25, -0.2) is 4.39 Å². The van der Waals surface area contributed by atoms with Crippen molar-refractivity contribution in [2.24, 2.45) is 5.92 Å². The number of rotatable bonds is 4. The molecule has 1 aliphatic heterocycles. The summed E-state index contributed by atoms with van der Waals surface area (Å²) in [6.45, 7) is 1.93. The number of hydrogen-bond donors (Lipinski definition) is 1. The van der Waals surface area contributed by atoms with Gasteiger partial charge in [-0.3, -0.25) is 0 Å². The predicted octanol–water partition coefficient (Wildman–Crippen LogP) is 3.02. The molecule has 0 amide bonds. The van der Waals surface area contributed by atoms with Crippen LogP contribution < -0.4 is 5.32 Å². The SMILES string of the molecule is FC(CCc1ccsc1)C1CCCNC1. The summed E-state index contributed by atoms with van der Waals surface area (Å²) in [6, 6.07) is 2.09. The van der Waals surface area contributed by atoms with Gasteiger partial charge in [0.05, 0.1) is 0 Å². The molecule has 1 aromatic rings. The highest BCUT2D eigenvalue weighted by Gasteiger charge is 2.22. The smallest absolute Gasteiger partial charge is 0.104 e. The Morgan fingerprint density at radius 2 is 2.53 bits per heavy atom. The Labute approximate surface area is 94.7 Å². The summed E-state index contributed by atoms with van der Waals surface area (Å²) < 4.78 is 13.8. The number of alkyl halides is 1. The van der Waals surface area contributed by atoms with Gasteiger partial charge in [0.2, 0.25) is 0 Å². The molecule has 0 bridgehead atoms. The van der Waals surface area contributed by atoms with Gasteiger partial charge in [0, 0.05) is 12.5 Å². The van der Waals surface area contributed by atoms with Crippen LogP contribution in [0.15, 0.2) is 16.8 Å². The van der Waals surface area contributed by atoms with Crippen molar-refractivity contribution < 1.29 is 4.39 Å². The van der Waals surface area contributed by atoms with Crippen molar-refractivity contribution in [1.82, 2.24) is 5.32 Å². The molecular formula is C12H18FNS. The van der Waals surface area contributed by atoms with E-state index in [2.05, 4.69) is 22.1 Å². The molecule has 2 atom stereocenters. The Morgan fingerprint density at radius 3 is 3.20 bits per heavy atom. The van der Waals surface area contributed by atoms with Crippen LogP contribution in [0.5, 0.6) is 0 Å². The van der Waals surface area contributed by atoms with Crippen molar-refractivity contribution >= 4 is 11.3 Å². The van der Waals surface area contributed by atoms with Crippen LogP contribution in [0.25, 0.3) is 0 Å². The molecule has 2 rings (SSSR count). The van der Waals surface area contributed by atoms with Crippen molar-refractivity contribution in [3.63, 3.8) is 0 Å². The van der Waals surface area contributed by atoms with Gasteiger partial charge in [0.15, 0.2) is 0 Å². The zero-order chi connectivity index (χ0) is 10.5. The van der Waals surface area contributed by atoms with Crippen LogP contribution >= 0.6 is 11.3 Å². The molecule has 0 aromatic carbocycles. The summed E-state index contributed by atoms with van der Waals surface area (Å²) in [5.74, 6) is 0.248. The molecule has 1 nitrogen and oxygen atoms in total. The highest BCUT2D eigenvalue weighted by atomic mass is 32.1. The largest absolute Gasteiger partial charge is 0.316 e. The first-order valence-corrected chi connectivity index (χ1v) is 6.66. The lowest BCUT2D eigenvalue weighted by Crippen LogP contribution is -2.35. The summed E-state index contributed by atoms with van der Waals surface area (Å²) in [5, 5.41) is 7.45. The predicted molar refractivity (Wildman–Crippen MR) is 63.1 cm³/mol. The molecule has 1 N–H and O–H groups in total. The van der Waals surface area contributed by atoms with Crippen molar-refractivity contribution in [2.45, 2.75) is 31.9 Å². The van der Waals surface area contributed by atoms with Gasteiger partial charge in [-0.2, -0.15) is 11.3 Å². The van der Waals surface area contributed by atoms with Crippen LogP contribution in [0, 0.1) is 5.92 Å². The van der Waals surface area contributed by atoms with Gasteiger partial charge in [0.25, 0.3) is 0 Å². The summed E-state index contributed by atoms with van der Waals surface area (Å²) in [7, 11) is 0. The Morgan fingerprint density at radius 1 is 1.60 bits per heavy atom. The minimum absolute atomic E-state index is 0.248. The van der Waals surface area contributed by atoms with Crippen LogP contribution in [0.4, 0.5) is 4.39 Å². The molecule has 0 aliphatic carbocycles. The fraction of sp³-hybridized carbons (Fsp3) is 0.667. The minimum Gasteiger partial charge on any atom is -0.316 e. The van der Waals surface area contributed by atoms with Crippen molar-refractivity contribution in [1.29, 1.82) is 0 Å². The summed E-state index contributed by atoms with van der Waals surface area (Å²) in [4.78, 5) is 0. The second-order valence-corrected chi connectivity index (χ2v) is 5.07. The standard InChI is InChI=1S/C12H18FNS/c13-12(11-2-1-6-14-8-11)4-3-10-5-7-15-9-10/h5,7,9,11-12,14H,1-4,6,8H2. The van der Waals surface area contributed by atoms with E-state index >= 15 is 0 Å². The van der Waals surface area contributed by atoms with Gasteiger partial charge < -0.3 is 5.32 Å². The number of hydrogen-bond acceptors (Lipinski definition) is 2. The number of halogens is 1. The summed E-state index contributed by atoms with van der Waals surface area (Å²) >= 11 is 1.69. The molecule has 2 unspecified atom stereocenters. The molecule has 3 heteroatoms. The van der Waals surface area contributed by atoms with Gasteiger partial charge in [-0.1, -0.05) is 0 Å². The zero-order valence-corrected chi connectivity index (χ0v) is 9.73. The first-order valence-electron chi connectivity index (χ1n) is 5.72. The maximum absolute atomic E-state index is 13.8. The maximum Gasteiger partial charge on any atom is 0.104 e. The van der Waals surface area contributed by atoms with Crippen LogP contribution in [0.3, 0.4) is 0 Å². The fourth-order valence-electron chi connectivity index (χ4n) is 2.16. The molecule has 0 spiro atoms. The van der Waals surface area contributed by atoms with E-state index in [1.165, 1.54) is 5.56 Å². The normalized spacial score (nSPS) is 23.9. The molecule has 1 aliphatic rings. The van der Waals surface area contributed by atoms with Gasteiger partial charge >= 0.3 is 0 Å². The highest BCUT2D eigenvalue weighted by Crippen LogP contribution is 2.21. The topological polar surface area (TPSA) is 12.0 Å². The highest BCUT2D eigenvalue weighted by molar-refractivity contribution is 7.07. The molecular weight excluding hydrogens is 209 g/mol. The van der Waals surface area contributed by atoms with Crippen LogP contribution in [0.2, 0.25) is 0 Å². The van der Waals surface area contributed by atoms with E-state index in [1.54, 1.807) is 11.3 Å². The molecule has 0 radical (unpaired) electrons. The van der Waals surface area contributed by atoms with Gasteiger partial charge in [-0.15, -0.1) is 0 Å². The lowest BCUT2D eigenvalue weighted by atomic mass is 9.91. The van der Waals surface area contributed by atoms with E-state index in [-0.39, 0.29) is 5.92 Å². The second-order valence-electron chi connectivity index (χ2n) is 4.29. The molecule has 0 saturated carbocycles. The molecule has 84 valence electrons. The van der Waals surface area contributed by atoms with E-state index in [0.29, 0.717) is 6.42 Å². The third-order valence-electron chi connectivity index (χ3n) is 3.14. The Bertz CT molecular complexity index is 267. The first kappa shape index (κ1) is 11.1. The Hall–Kier alpha value is -0.410. The first-order chi connectivity index (χ1) is 7.36. The maximum atomic E-state index is 13.8. The average Bonchev–Trinajstić information content (AvgIpc) is 2.80. The molecule has 1 fully saturated rings. The molecule has 1 aromatic heterocycles. The Kier molecular flexibility index (Phi) is 4.15. The van der Waals surface area contributed by atoms with Crippen LogP contribution in [-0.4, -0.2) is 19.3 Å². The number of piperidine rings is 1. The van der Waals surface area contributed by atoms with E-state index in [0.717, 1.165) is 32.4 Å². The van der Waals surface area contributed by atoms with E-state index in [4.69, 9.17) is 0 Å². The molecule has 1 saturated heterocycles. The number of nitrogens with one attached hydrogen (secondary N) is 1. The fourth-order valence-corrected chi connectivity index (χ4v) is 2.87. The lowest BCUT2D eigenvalue weighted by molar-refractivity contribution is 0.181. The summed E-state index contributed by atoms with van der Waals surface area (Å²) in [6.07, 6.45) is 3.13. The van der Waals surface area contributed by atoms with Gasteiger partial charge in [0.1, 0.15) is 6.17 Å². The number of aryl methyl sites for hydroxylation is 1. The lowest BCUT2D eigenvalue weighted by Gasteiger charge is -2.25. The molecule has 15 heavy (non-hydrogen) atoms. The van der Waals surface area contributed by atoms with E-state index in [1.807, 2.05) is 0 Å². The van der Waals surface area contributed by atoms with E-state index < -0.39 is 6.17 Å². The van der Waals surface area contributed by atoms with Crippen molar-refractivity contribution in [2.75, 3.05) is 13.1 Å². The number of thiophene rings is 1.